The van der Waals surface area contributed by atoms with E-state index in [1.807, 2.05) is 0 Å². The van der Waals surface area contributed by atoms with Crippen LogP contribution in [0.25, 0.3) is 0 Å². The Balaban J connectivity index is 2.37. The van der Waals surface area contributed by atoms with Gasteiger partial charge in [-0.3, -0.25) is 0 Å². The summed E-state index contributed by atoms with van der Waals surface area (Å²) in [5.41, 5.74) is -1.11. The summed E-state index contributed by atoms with van der Waals surface area (Å²) in [6.07, 6.45) is 0. The van der Waals surface area contributed by atoms with E-state index in [0.29, 0.717) is 5.75 Å². The molecule has 0 saturated carbocycles. The van der Waals surface area contributed by atoms with Gasteiger partial charge in [-0.05, 0) is 38.1 Å². The topological polar surface area (TPSA) is 75.6 Å². The van der Waals surface area contributed by atoms with Crippen LogP contribution >= 0.6 is 0 Å². The van der Waals surface area contributed by atoms with Crippen LogP contribution in [-0.2, 0) is 10.0 Å². The summed E-state index contributed by atoms with van der Waals surface area (Å²) in [5, 5.41) is 9.42. The first-order chi connectivity index (χ1) is 8.68. The predicted molar refractivity (Wildman–Crippen MR) is 70.0 cm³/mol. The van der Waals surface area contributed by atoms with E-state index in [4.69, 9.17) is 4.74 Å². The van der Waals surface area contributed by atoms with Crippen molar-refractivity contribution in [3.63, 3.8) is 0 Å². The number of aliphatic hydroxyl groups is 1. The summed E-state index contributed by atoms with van der Waals surface area (Å²) < 4.78 is 43.2. The smallest absolute Gasteiger partial charge is 0.215 e. The van der Waals surface area contributed by atoms with E-state index in [1.165, 1.54) is 38.1 Å². The second-order valence-electron chi connectivity index (χ2n) is 4.75. The van der Waals surface area contributed by atoms with Crippen LogP contribution in [0.4, 0.5) is 4.39 Å². The quantitative estimate of drug-likeness (QED) is 0.782. The maximum atomic E-state index is 12.6. The van der Waals surface area contributed by atoms with Crippen molar-refractivity contribution in [3.05, 3.63) is 30.1 Å². The molecule has 2 N–H and O–H groups in total. The van der Waals surface area contributed by atoms with E-state index < -0.39 is 15.6 Å². The molecule has 19 heavy (non-hydrogen) atoms. The fourth-order valence-corrected chi connectivity index (χ4v) is 2.18. The Labute approximate surface area is 112 Å². The van der Waals surface area contributed by atoms with E-state index >= 15 is 0 Å². The summed E-state index contributed by atoms with van der Waals surface area (Å²) >= 11 is 0. The number of benzene rings is 1. The third kappa shape index (κ3) is 7.09. The zero-order valence-electron chi connectivity index (χ0n) is 10.9. The summed E-state index contributed by atoms with van der Waals surface area (Å²) in [7, 11) is -3.50. The lowest BCUT2D eigenvalue weighted by Gasteiger charge is -2.17. The van der Waals surface area contributed by atoms with Crippen LogP contribution in [0.15, 0.2) is 24.3 Å². The molecule has 0 spiro atoms. The SMILES string of the molecule is CC(C)(O)CNS(=O)(=O)CCOc1ccc(F)cc1. The lowest BCUT2D eigenvalue weighted by molar-refractivity contribution is 0.0857. The Bertz CT molecular complexity index is 493. The molecule has 0 fully saturated rings. The molecule has 0 saturated heterocycles. The molecule has 0 aliphatic rings. The number of rotatable bonds is 7. The van der Waals surface area contributed by atoms with Crippen molar-refractivity contribution in [1.29, 1.82) is 0 Å². The number of hydrogen-bond donors (Lipinski definition) is 2. The molecular weight excluding hydrogens is 273 g/mol. The fraction of sp³-hybridized carbons (Fsp3) is 0.500. The molecule has 1 aromatic rings. The molecule has 0 aliphatic carbocycles. The maximum Gasteiger partial charge on any atom is 0.215 e. The maximum absolute atomic E-state index is 12.6. The van der Waals surface area contributed by atoms with Gasteiger partial charge in [0.05, 0.1) is 11.4 Å². The monoisotopic (exact) mass is 291 g/mol. The zero-order valence-corrected chi connectivity index (χ0v) is 11.7. The van der Waals surface area contributed by atoms with Gasteiger partial charge in [0.15, 0.2) is 0 Å². The van der Waals surface area contributed by atoms with Crippen molar-refractivity contribution in [3.8, 4) is 5.75 Å². The minimum Gasteiger partial charge on any atom is -0.492 e. The second kappa shape index (κ2) is 6.31. The minimum absolute atomic E-state index is 0.0488. The third-order valence-electron chi connectivity index (χ3n) is 2.16. The van der Waals surface area contributed by atoms with Gasteiger partial charge in [0.25, 0.3) is 0 Å². The van der Waals surface area contributed by atoms with Gasteiger partial charge in [-0.25, -0.2) is 17.5 Å². The lowest BCUT2D eigenvalue weighted by Crippen LogP contribution is -2.40. The lowest BCUT2D eigenvalue weighted by atomic mass is 10.1. The first-order valence-corrected chi connectivity index (χ1v) is 7.41. The summed E-state index contributed by atoms with van der Waals surface area (Å²) in [6.45, 7) is 2.90. The van der Waals surface area contributed by atoms with E-state index in [2.05, 4.69) is 4.72 Å². The van der Waals surface area contributed by atoms with Crippen molar-refractivity contribution in [1.82, 2.24) is 4.72 Å². The molecule has 0 radical (unpaired) electrons. The molecule has 1 rings (SSSR count). The average Bonchev–Trinajstić information content (AvgIpc) is 2.29. The minimum atomic E-state index is -3.50. The van der Waals surface area contributed by atoms with E-state index in [0.717, 1.165) is 0 Å². The van der Waals surface area contributed by atoms with Gasteiger partial charge in [-0.2, -0.15) is 0 Å². The zero-order chi connectivity index (χ0) is 14.5. The molecule has 0 bridgehead atoms. The van der Waals surface area contributed by atoms with Crippen molar-refractivity contribution < 1.29 is 22.7 Å². The van der Waals surface area contributed by atoms with E-state index in [-0.39, 0.29) is 24.7 Å². The highest BCUT2D eigenvalue weighted by Gasteiger charge is 2.17. The molecule has 0 atom stereocenters. The molecule has 108 valence electrons. The first kappa shape index (κ1) is 15.9. The van der Waals surface area contributed by atoms with Crippen LogP contribution in [0, 0.1) is 5.82 Å². The largest absolute Gasteiger partial charge is 0.492 e. The predicted octanol–water partition coefficient (Wildman–Crippen LogP) is 0.895. The molecule has 0 heterocycles. The number of hydrogen-bond acceptors (Lipinski definition) is 4. The highest BCUT2D eigenvalue weighted by molar-refractivity contribution is 7.89. The molecule has 1 aromatic carbocycles. The molecular formula is C12H18FNO4S. The van der Waals surface area contributed by atoms with Crippen LogP contribution in [0.3, 0.4) is 0 Å². The molecule has 0 aliphatic heterocycles. The molecule has 0 aromatic heterocycles. The van der Waals surface area contributed by atoms with Gasteiger partial charge in [0.1, 0.15) is 18.2 Å². The van der Waals surface area contributed by atoms with Gasteiger partial charge >= 0.3 is 0 Å². The van der Waals surface area contributed by atoms with E-state index in [1.54, 1.807) is 0 Å². The van der Waals surface area contributed by atoms with Gasteiger partial charge in [0.2, 0.25) is 10.0 Å². The number of sulfonamides is 1. The Morgan fingerprint density at radius 1 is 1.32 bits per heavy atom. The van der Waals surface area contributed by atoms with Crippen molar-refractivity contribution in [2.75, 3.05) is 18.9 Å². The van der Waals surface area contributed by atoms with Gasteiger partial charge in [-0.15, -0.1) is 0 Å². The van der Waals surface area contributed by atoms with Gasteiger partial charge in [-0.1, -0.05) is 0 Å². The average molecular weight is 291 g/mol. The highest BCUT2D eigenvalue weighted by atomic mass is 32.2. The Morgan fingerprint density at radius 3 is 2.42 bits per heavy atom. The van der Waals surface area contributed by atoms with Crippen LogP contribution < -0.4 is 9.46 Å². The Kier molecular flexibility index (Phi) is 5.28. The molecule has 5 nitrogen and oxygen atoms in total. The van der Waals surface area contributed by atoms with Crippen LogP contribution in [0.1, 0.15) is 13.8 Å². The van der Waals surface area contributed by atoms with Crippen LogP contribution in [-0.4, -0.2) is 38.0 Å². The molecule has 0 unspecified atom stereocenters. The van der Waals surface area contributed by atoms with Crippen LogP contribution in [0.5, 0.6) is 5.75 Å². The Hall–Kier alpha value is -1.18. The van der Waals surface area contributed by atoms with Crippen molar-refractivity contribution >= 4 is 10.0 Å². The van der Waals surface area contributed by atoms with E-state index in [9.17, 15) is 17.9 Å². The van der Waals surface area contributed by atoms with Gasteiger partial charge < -0.3 is 9.84 Å². The highest BCUT2D eigenvalue weighted by Crippen LogP contribution is 2.10. The second-order valence-corrected chi connectivity index (χ2v) is 6.68. The number of nitrogens with one attached hydrogen (secondary N) is 1. The summed E-state index contributed by atoms with van der Waals surface area (Å²) in [6, 6.07) is 5.31. The van der Waals surface area contributed by atoms with Crippen LogP contribution in [0.2, 0.25) is 0 Å². The number of halogens is 1. The molecule has 7 heteroatoms. The summed E-state index contributed by atoms with van der Waals surface area (Å²) in [4.78, 5) is 0. The number of ether oxygens (including phenoxy) is 1. The van der Waals surface area contributed by atoms with Crippen molar-refractivity contribution in [2.24, 2.45) is 0 Å². The third-order valence-corrected chi connectivity index (χ3v) is 3.45. The fourth-order valence-electron chi connectivity index (χ4n) is 1.16. The van der Waals surface area contributed by atoms with Crippen molar-refractivity contribution in [2.45, 2.75) is 19.4 Å². The normalized spacial score (nSPS) is 12.4. The van der Waals surface area contributed by atoms with Gasteiger partial charge in [0, 0.05) is 6.54 Å². The standard InChI is InChI=1S/C12H18FNO4S/c1-12(2,15)9-14-19(16,17)8-7-18-11-5-3-10(13)4-6-11/h3-6,14-15H,7-9H2,1-2H3. The summed E-state index contributed by atoms with van der Waals surface area (Å²) in [5.74, 6) is -0.216. The first-order valence-electron chi connectivity index (χ1n) is 5.76. The molecule has 0 amide bonds. The Morgan fingerprint density at radius 2 is 1.89 bits per heavy atom.